The van der Waals surface area contributed by atoms with Gasteiger partial charge in [0.05, 0.1) is 12.2 Å². The number of hydrogen-bond acceptors (Lipinski definition) is 3. The minimum Gasteiger partial charge on any atom is -0.493 e. The Balaban J connectivity index is 2.36. The van der Waals surface area contributed by atoms with Crippen molar-refractivity contribution in [3.8, 4) is 5.75 Å². The first kappa shape index (κ1) is 12.6. The van der Waals surface area contributed by atoms with Crippen molar-refractivity contribution in [1.82, 2.24) is 4.98 Å². The van der Waals surface area contributed by atoms with E-state index in [-0.39, 0.29) is 5.78 Å². The van der Waals surface area contributed by atoms with E-state index in [2.05, 4.69) is 4.98 Å². The van der Waals surface area contributed by atoms with E-state index in [1.165, 1.54) is 6.20 Å². The highest BCUT2D eigenvalue weighted by Crippen LogP contribution is 2.21. The van der Waals surface area contributed by atoms with E-state index >= 15 is 0 Å². The fraction of sp³-hybridized carbons (Fsp3) is 0.143. The summed E-state index contributed by atoms with van der Waals surface area (Å²) < 4.78 is 5.44. The predicted molar refractivity (Wildman–Crippen MR) is 70.3 cm³/mol. The van der Waals surface area contributed by atoms with Crippen LogP contribution in [0.5, 0.6) is 5.75 Å². The number of halogens is 1. The molecule has 0 radical (unpaired) electrons. The van der Waals surface area contributed by atoms with Crippen LogP contribution in [0.3, 0.4) is 0 Å². The molecule has 1 heterocycles. The van der Waals surface area contributed by atoms with Gasteiger partial charge in [-0.1, -0.05) is 23.7 Å². The maximum atomic E-state index is 12.3. The molecule has 92 valence electrons. The number of nitrogens with zero attached hydrogens (tertiary/aromatic N) is 1. The highest BCUT2D eigenvalue weighted by molar-refractivity contribution is 6.29. The topological polar surface area (TPSA) is 39.2 Å². The first-order chi connectivity index (χ1) is 8.72. The lowest BCUT2D eigenvalue weighted by molar-refractivity contribution is 0.103. The van der Waals surface area contributed by atoms with Crippen molar-refractivity contribution in [3.63, 3.8) is 0 Å². The van der Waals surface area contributed by atoms with Crippen molar-refractivity contribution in [2.24, 2.45) is 0 Å². The van der Waals surface area contributed by atoms with E-state index in [4.69, 9.17) is 16.3 Å². The van der Waals surface area contributed by atoms with Crippen LogP contribution in [0.15, 0.2) is 42.6 Å². The third-order valence-electron chi connectivity index (χ3n) is 2.42. The Labute approximate surface area is 110 Å². The van der Waals surface area contributed by atoms with E-state index < -0.39 is 0 Å². The van der Waals surface area contributed by atoms with Crippen molar-refractivity contribution in [1.29, 1.82) is 0 Å². The molecule has 3 nitrogen and oxygen atoms in total. The molecule has 0 aliphatic carbocycles. The second-order valence-corrected chi connectivity index (χ2v) is 4.02. The summed E-state index contributed by atoms with van der Waals surface area (Å²) in [7, 11) is 0. The molecular weight excluding hydrogens is 250 g/mol. The Morgan fingerprint density at radius 3 is 2.72 bits per heavy atom. The fourth-order valence-electron chi connectivity index (χ4n) is 1.60. The molecule has 2 rings (SSSR count). The molecule has 0 unspecified atom stereocenters. The Bertz CT molecular complexity index is 552. The normalized spacial score (nSPS) is 10.1. The van der Waals surface area contributed by atoms with Gasteiger partial charge in [0.15, 0.2) is 5.78 Å². The lowest BCUT2D eigenvalue weighted by atomic mass is 10.0. The summed E-state index contributed by atoms with van der Waals surface area (Å²) in [6.45, 7) is 2.40. The van der Waals surface area contributed by atoms with Gasteiger partial charge in [-0.2, -0.15) is 0 Å². The molecule has 0 aliphatic heterocycles. The molecule has 0 amide bonds. The first-order valence-corrected chi connectivity index (χ1v) is 5.98. The van der Waals surface area contributed by atoms with Crippen LogP contribution in [-0.2, 0) is 0 Å². The highest BCUT2D eigenvalue weighted by atomic mass is 35.5. The van der Waals surface area contributed by atoms with Crippen molar-refractivity contribution in [2.75, 3.05) is 6.61 Å². The van der Waals surface area contributed by atoms with Gasteiger partial charge in [0.1, 0.15) is 10.9 Å². The van der Waals surface area contributed by atoms with Crippen molar-refractivity contribution in [2.45, 2.75) is 6.92 Å². The third-order valence-corrected chi connectivity index (χ3v) is 2.64. The average molecular weight is 262 g/mol. The molecule has 0 aliphatic rings. The van der Waals surface area contributed by atoms with Crippen LogP contribution < -0.4 is 4.74 Å². The van der Waals surface area contributed by atoms with Crippen molar-refractivity contribution >= 4 is 17.4 Å². The molecule has 0 saturated heterocycles. The van der Waals surface area contributed by atoms with Crippen LogP contribution in [0, 0.1) is 0 Å². The van der Waals surface area contributed by atoms with Gasteiger partial charge in [0.25, 0.3) is 0 Å². The molecule has 1 aromatic heterocycles. The number of carbonyl (C=O) groups is 1. The Kier molecular flexibility index (Phi) is 3.95. The number of ketones is 1. The van der Waals surface area contributed by atoms with Gasteiger partial charge in [-0.05, 0) is 31.2 Å². The van der Waals surface area contributed by atoms with Crippen LogP contribution in [0.2, 0.25) is 5.15 Å². The highest BCUT2D eigenvalue weighted by Gasteiger charge is 2.14. The Morgan fingerprint density at radius 1 is 1.28 bits per heavy atom. The standard InChI is InChI=1S/C14H12ClNO2/c1-2-18-12-6-4-3-5-11(12)14(17)10-7-8-13(15)16-9-10/h3-9H,2H2,1H3. The lowest BCUT2D eigenvalue weighted by Gasteiger charge is -2.08. The number of carbonyl (C=O) groups excluding carboxylic acids is 1. The van der Waals surface area contributed by atoms with Gasteiger partial charge < -0.3 is 4.74 Å². The zero-order valence-electron chi connectivity index (χ0n) is 9.89. The van der Waals surface area contributed by atoms with E-state index in [0.717, 1.165) is 0 Å². The number of aromatic nitrogens is 1. The molecule has 0 N–H and O–H groups in total. The zero-order valence-corrected chi connectivity index (χ0v) is 10.6. The summed E-state index contributed by atoms with van der Waals surface area (Å²) in [5, 5.41) is 0.365. The minimum atomic E-state index is -0.122. The second-order valence-electron chi connectivity index (χ2n) is 3.63. The number of benzene rings is 1. The van der Waals surface area contributed by atoms with Gasteiger partial charge in [-0.3, -0.25) is 4.79 Å². The monoisotopic (exact) mass is 261 g/mol. The van der Waals surface area contributed by atoms with Crippen molar-refractivity contribution < 1.29 is 9.53 Å². The molecule has 18 heavy (non-hydrogen) atoms. The average Bonchev–Trinajstić information content (AvgIpc) is 2.40. The van der Waals surface area contributed by atoms with Crippen LogP contribution >= 0.6 is 11.6 Å². The molecule has 0 bridgehead atoms. The minimum absolute atomic E-state index is 0.122. The van der Waals surface area contributed by atoms with Gasteiger partial charge in [0, 0.05) is 11.8 Å². The lowest BCUT2D eigenvalue weighted by Crippen LogP contribution is -2.05. The molecule has 1 aromatic carbocycles. The van der Waals surface area contributed by atoms with Crippen LogP contribution in [0.1, 0.15) is 22.8 Å². The van der Waals surface area contributed by atoms with Crippen LogP contribution in [0.4, 0.5) is 0 Å². The number of ether oxygens (including phenoxy) is 1. The van der Waals surface area contributed by atoms with Gasteiger partial charge in [0.2, 0.25) is 0 Å². The fourth-order valence-corrected chi connectivity index (χ4v) is 1.71. The quantitative estimate of drug-likeness (QED) is 0.626. The van der Waals surface area contributed by atoms with Gasteiger partial charge >= 0.3 is 0 Å². The van der Waals surface area contributed by atoms with E-state index in [0.29, 0.717) is 28.6 Å². The largest absolute Gasteiger partial charge is 0.493 e. The molecule has 0 fully saturated rings. The molecular formula is C14H12ClNO2. The van der Waals surface area contributed by atoms with Crippen molar-refractivity contribution in [3.05, 3.63) is 58.9 Å². The van der Waals surface area contributed by atoms with Gasteiger partial charge in [-0.25, -0.2) is 4.98 Å². The van der Waals surface area contributed by atoms with Crippen LogP contribution in [-0.4, -0.2) is 17.4 Å². The maximum absolute atomic E-state index is 12.3. The summed E-state index contributed by atoms with van der Waals surface area (Å²) in [5.41, 5.74) is 1.02. The smallest absolute Gasteiger partial charge is 0.198 e. The maximum Gasteiger partial charge on any atom is 0.198 e. The molecule has 0 atom stereocenters. The Hall–Kier alpha value is -1.87. The number of rotatable bonds is 4. The molecule has 0 saturated carbocycles. The number of para-hydroxylation sites is 1. The summed E-state index contributed by atoms with van der Waals surface area (Å²) in [6, 6.07) is 10.4. The molecule has 0 spiro atoms. The molecule has 4 heteroatoms. The first-order valence-electron chi connectivity index (χ1n) is 5.60. The van der Waals surface area contributed by atoms with E-state index in [9.17, 15) is 4.79 Å². The molecule has 2 aromatic rings. The zero-order chi connectivity index (χ0) is 13.0. The van der Waals surface area contributed by atoms with Crippen LogP contribution in [0.25, 0.3) is 0 Å². The second kappa shape index (κ2) is 5.65. The number of hydrogen-bond donors (Lipinski definition) is 0. The SMILES string of the molecule is CCOc1ccccc1C(=O)c1ccc(Cl)nc1. The summed E-state index contributed by atoms with van der Waals surface area (Å²) in [5.74, 6) is 0.461. The van der Waals surface area contributed by atoms with Gasteiger partial charge in [-0.15, -0.1) is 0 Å². The number of pyridine rings is 1. The summed E-state index contributed by atoms with van der Waals surface area (Å²) in [6.07, 6.45) is 1.47. The van der Waals surface area contributed by atoms with E-state index in [1.807, 2.05) is 13.0 Å². The Morgan fingerprint density at radius 2 is 2.06 bits per heavy atom. The van der Waals surface area contributed by atoms with E-state index in [1.54, 1.807) is 30.3 Å². The summed E-state index contributed by atoms with van der Waals surface area (Å²) >= 11 is 5.70. The predicted octanol–water partition coefficient (Wildman–Crippen LogP) is 3.36. The summed E-state index contributed by atoms with van der Waals surface area (Å²) in [4.78, 5) is 16.2. The third kappa shape index (κ3) is 2.68.